The molecule has 0 spiro atoms. The molecule has 1 amide bonds. The lowest BCUT2D eigenvalue weighted by molar-refractivity contribution is 0.103. The van der Waals surface area contributed by atoms with E-state index in [9.17, 15) is 4.79 Å². The zero-order valence-corrected chi connectivity index (χ0v) is 14.5. The normalized spacial score (nSPS) is 11.2. The van der Waals surface area contributed by atoms with Gasteiger partial charge in [-0.2, -0.15) is 0 Å². The molecule has 23 heavy (non-hydrogen) atoms. The van der Waals surface area contributed by atoms with Crippen LogP contribution in [0.3, 0.4) is 0 Å². The molecule has 0 saturated heterocycles. The van der Waals surface area contributed by atoms with Gasteiger partial charge in [0.1, 0.15) is 0 Å². The highest BCUT2D eigenvalue weighted by atomic mass is 32.1. The van der Waals surface area contributed by atoms with Crippen LogP contribution in [-0.4, -0.2) is 5.91 Å². The van der Waals surface area contributed by atoms with Crippen molar-refractivity contribution < 1.29 is 4.79 Å². The summed E-state index contributed by atoms with van der Waals surface area (Å²) < 4.78 is 3.66. The van der Waals surface area contributed by atoms with Crippen LogP contribution in [0.25, 0.3) is 19.5 Å². The molecular formula is C19H15NOS2. The first-order chi connectivity index (χ1) is 11.1. The van der Waals surface area contributed by atoms with E-state index in [0.29, 0.717) is 0 Å². The van der Waals surface area contributed by atoms with E-state index in [1.165, 1.54) is 30.6 Å². The summed E-state index contributed by atoms with van der Waals surface area (Å²) in [6.07, 6.45) is 0. The van der Waals surface area contributed by atoms with Gasteiger partial charge < -0.3 is 5.32 Å². The van der Waals surface area contributed by atoms with Crippen molar-refractivity contribution in [3.8, 4) is 0 Å². The van der Waals surface area contributed by atoms with E-state index in [2.05, 4.69) is 37.4 Å². The third-order valence-electron chi connectivity index (χ3n) is 4.04. The van der Waals surface area contributed by atoms with E-state index in [-0.39, 0.29) is 5.91 Å². The third kappa shape index (κ3) is 2.54. The second kappa shape index (κ2) is 5.48. The van der Waals surface area contributed by atoms with Gasteiger partial charge in [0.05, 0.1) is 9.58 Å². The van der Waals surface area contributed by atoms with Crippen molar-refractivity contribution >= 4 is 53.8 Å². The fourth-order valence-electron chi connectivity index (χ4n) is 2.62. The fourth-order valence-corrected chi connectivity index (χ4v) is 5.04. The molecule has 2 aromatic heterocycles. The number of fused-ring (bicyclic) bond motifs is 3. The molecule has 2 aromatic carbocycles. The third-order valence-corrected chi connectivity index (χ3v) is 6.45. The highest BCUT2D eigenvalue weighted by molar-refractivity contribution is 7.33. The van der Waals surface area contributed by atoms with Gasteiger partial charge in [0.15, 0.2) is 0 Å². The van der Waals surface area contributed by atoms with Crippen LogP contribution in [0.5, 0.6) is 0 Å². The SMILES string of the molecule is Cc1ccc(NC(=O)c2cc3sc4ccccc4c3s2)cc1C. The Morgan fingerprint density at radius 1 is 0.913 bits per heavy atom. The number of carbonyl (C=O) groups is 1. The van der Waals surface area contributed by atoms with E-state index >= 15 is 0 Å². The summed E-state index contributed by atoms with van der Waals surface area (Å²) in [4.78, 5) is 13.3. The molecule has 0 aliphatic rings. The summed E-state index contributed by atoms with van der Waals surface area (Å²) in [5.41, 5.74) is 3.26. The lowest BCUT2D eigenvalue weighted by Gasteiger charge is -2.06. The van der Waals surface area contributed by atoms with Gasteiger partial charge in [-0.1, -0.05) is 24.3 Å². The van der Waals surface area contributed by atoms with Crippen molar-refractivity contribution in [2.45, 2.75) is 13.8 Å². The van der Waals surface area contributed by atoms with Crippen LogP contribution < -0.4 is 5.32 Å². The van der Waals surface area contributed by atoms with Crippen LogP contribution in [0.15, 0.2) is 48.5 Å². The van der Waals surface area contributed by atoms with Crippen molar-refractivity contribution in [2.24, 2.45) is 0 Å². The molecule has 2 heterocycles. The molecule has 0 saturated carbocycles. The smallest absolute Gasteiger partial charge is 0.265 e. The van der Waals surface area contributed by atoms with E-state index in [0.717, 1.165) is 10.6 Å². The van der Waals surface area contributed by atoms with Gasteiger partial charge in [0.2, 0.25) is 0 Å². The molecule has 4 aromatic rings. The lowest BCUT2D eigenvalue weighted by Crippen LogP contribution is -2.10. The number of benzene rings is 2. The maximum absolute atomic E-state index is 12.5. The molecule has 2 nitrogen and oxygen atoms in total. The van der Waals surface area contributed by atoms with Gasteiger partial charge in [-0.3, -0.25) is 4.79 Å². The van der Waals surface area contributed by atoms with Gasteiger partial charge in [-0.15, -0.1) is 22.7 Å². The van der Waals surface area contributed by atoms with Gasteiger partial charge in [0, 0.05) is 20.5 Å². The van der Waals surface area contributed by atoms with Crippen LogP contribution in [0, 0.1) is 13.8 Å². The van der Waals surface area contributed by atoms with Gasteiger partial charge in [0.25, 0.3) is 5.91 Å². The second-order valence-corrected chi connectivity index (χ2v) is 7.79. The Hall–Kier alpha value is -2.17. The van der Waals surface area contributed by atoms with E-state index in [1.807, 2.05) is 30.3 Å². The number of anilines is 1. The summed E-state index contributed by atoms with van der Waals surface area (Å²) in [6.45, 7) is 4.12. The Labute approximate surface area is 142 Å². The maximum atomic E-state index is 12.5. The maximum Gasteiger partial charge on any atom is 0.265 e. The van der Waals surface area contributed by atoms with Crippen LogP contribution in [0.4, 0.5) is 5.69 Å². The van der Waals surface area contributed by atoms with Crippen LogP contribution >= 0.6 is 22.7 Å². The number of hydrogen-bond acceptors (Lipinski definition) is 3. The predicted molar refractivity (Wildman–Crippen MR) is 101 cm³/mol. The van der Waals surface area contributed by atoms with Crippen LogP contribution in [0.2, 0.25) is 0 Å². The minimum absolute atomic E-state index is 0.0364. The molecule has 0 atom stereocenters. The quantitative estimate of drug-likeness (QED) is 0.478. The Bertz CT molecular complexity index is 1040. The first-order valence-corrected chi connectivity index (χ1v) is 9.05. The van der Waals surface area contributed by atoms with Crippen molar-refractivity contribution in [1.82, 2.24) is 0 Å². The summed E-state index contributed by atoms with van der Waals surface area (Å²) in [5, 5.41) is 4.24. The highest BCUT2D eigenvalue weighted by Gasteiger charge is 2.14. The number of aryl methyl sites for hydroxylation is 2. The van der Waals surface area contributed by atoms with Gasteiger partial charge in [-0.25, -0.2) is 0 Å². The number of nitrogens with one attached hydrogen (secondary N) is 1. The minimum Gasteiger partial charge on any atom is -0.321 e. The minimum atomic E-state index is -0.0364. The molecule has 4 heteroatoms. The van der Waals surface area contributed by atoms with Crippen molar-refractivity contribution in [3.05, 3.63) is 64.5 Å². The van der Waals surface area contributed by atoms with Crippen LogP contribution in [-0.2, 0) is 0 Å². The van der Waals surface area contributed by atoms with Crippen molar-refractivity contribution in [1.29, 1.82) is 0 Å². The Morgan fingerprint density at radius 2 is 1.74 bits per heavy atom. The molecule has 0 radical (unpaired) electrons. The zero-order chi connectivity index (χ0) is 16.0. The zero-order valence-electron chi connectivity index (χ0n) is 12.8. The fraction of sp³-hybridized carbons (Fsp3) is 0.105. The molecular weight excluding hydrogens is 322 g/mol. The average molecular weight is 337 g/mol. The standard InChI is InChI=1S/C19H15NOS2/c1-11-7-8-13(9-12(11)2)20-19(21)17-10-16-18(23-17)14-5-3-4-6-15(14)22-16/h3-10H,1-2H3,(H,20,21). The Kier molecular flexibility index (Phi) is 3.43. The van der Waals surface area contributed by atoms with Gasteiger partial charge >= 0.3 is 0 Å². The number of rotatable bonds is 2. The molecule has 0 fully saturated rings. The molecule has 0 unspecified atom stereocenters. The number of thiophene rings is 2. The summed E-state index contributed by atoms with van der Waals surface area (Å²) in [6, 6.07) is 16.3. The van der Waals surface area contributed by atoms with Crippen molar-refractivity contribution in [3.63, 3.8) is 0 Å². The van der Waals surface area contributed by atoms with E-state index in [1.54, 1.807) is 22.7 Å². The van der Waals surface area contributed by atoms with Crippen molar-refractivity contribution in [2.75, 3.05) is 5.32 Å². The van der Waals surface area contributed by atoms with Crippen LogP contribution in [0.1, 0.15) is 20.8 Å². The number of amides is 1. The first-order valence-electron chi connectivity index (χ1n) is 7.41. The highest BCUT2D eigenvalue weighted by Crippen LogP contribution is 2.39. The molecule has 114 valence electrons. The first kappa shape index (κ1) is 14.4. The average Bonchev–Trinajstić information content (AvgIpc) is 3.08. The lowest BCUT2D eigenvalue weighted by atomic mass is 10.1. The van der Waals surface area contributed by atoms with E-state index in [4.69, 9.17) is 0 Å². The Balaban J connectivity index is 1.67. The summed E-state index contributed by atoms with van der Waals surface area (Å²) in [5.74, 6) is -0.0364. The topological polar surface area (TPSA) is 29.1 Å². The van der Waals surface area contributed by atoms with E-state index < -0.39 is 0 Å². The summed E-state index contributed by atoms with van der Waals surface area (Å²) in [7, 11) is 0. The predicted octanol–water partition coefficient (Wildman–Crippen LogP) is 5.99. The Morgan fingerprint density at radius 3 is 2.57 bits per heavy atom. The molecule has 4 rings (SSSR count). The molecule has 0 bridgehead atoms. The second-order valence-electron chi connectivity index (χ2n) is 5.66. The van der Waals surface area contributed by atoms with Gasteiger partial charge in [-0.05, 0) is 49.2 Å². The summed E-state index contributed by atoms with van der Waals surface area (Å²) >= 11 is 3.31. The molecule has 0 aliphatic carbocycles. The molecule has 1 N–H and O–H groups in total. The number of hydrogen-bond donors (Lipinski definition) is 1. The molecule has 0 aliphatic heterocycles. The number of carbonyl (C=O) groups excluding carboxylic acids is 1. The largest absolute Gasteiger partial charge is 0.321 e. The monoisotopic (exact) mass is 337 g/mol.